The highest BCUT2D eigenvalue weighted by Gasteiger charge is 2.32. The van der Waals surface area contributed by atoms with Crippen molar-refractivity contribution in [3.05, 3.63) is 88.3 Å². The molecule has 50 heavy (non-hydrogen) atoms. The van der Waals surface area contributed by atoms with E-state index in [9.17, 15) is 0 Å². The van der Waals surface area contributed by atoms with Crippen LogP contribution in [0, 0.1) is 11.8 Å². The minimum atomic E-state index is 0.558. The Labute approximate surface area is 318 Å². The SMILES string of the molecule is C=C(C)/C(NCCC)=C(SCCC)/C(C)=C1\CCCC\C1=C(\CCC)C1=C(C)C(CCCC2CC2)C(C)=C(/C(C)=C2\CCCCC2=C(C)C)S1. The largest absolute Gasteiger partial charge is 0.384 e. The Morgan fingerprint density at radius 1 is 0.760 bits per heavy atom. The van der Waals surface area contributed by atoms with Crippen molar-refractivity contribution in [3.63, 3.8) is 0 Å². The normalized spacial score (nSPS) is 24.0. The molecule has 0 aromatic rings. The predicted octanol–water partition coefficient (Wildman–Crippen LogP) is 15.6. The van der Waals surface area contributed by atoms with Gasteiger partial charge in [0.05, 0.1) is 5.70 Å². The van der Waals surface area contributed by atoms with Gasteiger partial charge in [0.1, 0.15) is 0 Å². The lowest BCUT2D eigenvalue weighted by Gasteiger charge is -2.35. The van der Waals surface area contributed by atoms with Crippen molar-refractivity contribution in [1.29, 1.82) is 0 Å². The molecule has 3 aliphatic carbocycles. The molecule has 3 fully saturated rings. The quantitative estimate of drug-likeness (QED) is 0.160. The molecular weight excluding hydrogens is 643 g/mol. The topological polar surface area (TPSA) is 12.0 Å². The lowest BCUT2D eigenvalue weighted by molar-refractivity contribution is 0.550. The minimum Gasteiger partial charge on any atom is -0.384 e. The molecule has 4 aliphatic rings. The minimum absolute atomic E-state index is 0.558. The zero-order valence-electron chi connectivity index (χ0n) is 34.1. The molecule has 0 aromatic carbocycles. The summed E-state index contributed by atoms with van der Waals surface area (Å²) in [5, 5.41) is 3.82. The van der Waals surface area contributed by atoms with Crippen LogP contribution >= 0.6 is 23.5 Å². The first-order valence-electron chi connectivity index (χ1n) is 20.7. The van der Waals surface area contributed by atoms with Crippen LogP contribution in [-0.2, 0) is 0 Å². The lowest BCUT2D eigenvalue weighted by Crippen LogP contribution is -2.18. The van der Waals surface area contributed by atoms with Crippen molar-refractivity contribution in [3.8, 4) is 0 Å². The fourth-order valence-electron chi connectivity index (χ4n) is 8.72. The third kappa shape index (κ3) is 10.3. The smallest absolute Gasteiger partial charge is 0.0504 e. The second-order valence-corrected chi connectivity index (χ2v) is 18.2. The average Bonchev–Trinajstić information content (AvgIpc) is 3.94. The van der Waals surface area contributed by atoms with E-state index in [0.29, 0.717) is 5.92 Å². The Balaban J connectivity index is 1.93. The molecule has 0 aromatic heterocycles. The number of thioether (sulfide) groups is 2. The van der Waals surface area contributed by atoms with Crippen molar-refractivity contribution in [2.45, 2.75) is 178 Å². The Hall–Kier alpha value is -1.58. The van der Waals surface area contributed by atoms with E-state index in [1.165, 1.54) is 124 Å². The summed E-state index contributed by atoms with van der Waals surface area (Å²) in [6.07, 6.45) is 21.9. The maximum Gasteiger partial charge on any atom is 0.0504 e. The number of nitrogens with one attached hydrogen (secondary N) is 1. The van der Waals surface area contributed by atoms with Crippen LogP contribution in [0.2, 0.25) is 0 Å². The number of rotatable bonds is 16. The van der Waals surface area contributed by atoms with E-state index in [0.717, 1.165) is 30.2 Å². The van der Waals surface area contributed by atoms with Gasteiger partial charge in [0.2, 0.25) is 0 Å². The summed E-state index contributed by atoms with van der Waals surface area (Å²) in [7, 11) is 0. The van der Waals surface area contributed by atoms with Gasteiger partial charge in [-0.05, 0) is 182 Å². The molecule has 3 heteroatoms. The van der Waals surface area contributed by atoms with Crippen LogP contribution in [0.4, 0.5) is 0 Å². The summed E-state index contributed by atoms with van der Waals surface area (Å²) in [5.74, 6) is 2.71. The zero-order valence-corrected chi connectivity index (χ0v) is 35.7. The molecule has 1 N–H and O–H groups in total. The number of allylic oxidation sites excluding steroid dienone is 11. The number of hydrogen-bond acceptors (Lipinski definition) is 3. The first kappa shape index (κ1) is 41.2. The van der Waals surface area contributed by atoms with Gasteiger partial charge < -0.3 is 5.32 Å². The van der Waals surface area contributed by atoms with Crippen LogP contribution < -0.4 is 5.32 Å². The Kier molecular flexibility index (Phi) is 16.5. The highest BCUT2D eigenvalue weighted by molar-refractivity contribution is 8.07. The predicted molar refractivity (Wildman–Crippen MR) is 229 cm³/mol. The van der Waals surface area contributed by atoms with E-state index < -0.39 is 0 Å². The Bertz CT molecular complexity index is 1460. The molecule has 0 spiro atoms. The molecule has 1 heterocycles. The summed E-state index contributed by atoms with van der Waals surface area (Å²) in [6, 6.07) is 0. The molecule has 3 saturated carbocycles. The van der Waals surface area contributed by atoms with Gasteiger partial charge in [-0.15, -0.1) is 11.8 Å². The van der Waals surface area contributed by atoms with Crippen LogP contribution in [0.1, 0.15) is 178 Å². The van der Waals surface area contributed by atoms with Crippen molar-refractivity contribution in [2.24, 2.45) is 11.8 Å². The Morgan fingerprint density at radius 3 is 1.96 bits per heavy atom. The summed E-state index contributed by atoms with van der Waals surface area (Å²) >= 11 is 4.23. The summed E-state index contributed by atoms with van der Waals surface area (Å²) in [6.45, 7) is 29.3. The fourth-order valence-corrected chi connectivity index (χ4v) is 11.3. The summed E-state index contributed by atoms with van der Waals surface area (Å²) < 4.78 is 0. The highest BCUT2D eigenvalue weighted by atomic mass is 32.2. The Morgan fingerprint density at radius 2 is 1.38 bits per heavy atom. The molecule has 278 valence electrons. The van der Waals surface area contributed by atoms with Gasteiger partial charge in [0.25, 0.3) is 0 Å². The van der Waals surface area contributed by atoms with E-state index in [1.807, 2.05) is 0 Å². The zero-order chi connectivity index (χ0) is 36.4. The van der Waals surface area contributed by atoms with Crippen LogP contribution in [-0.4, -0.2) is 12.3 Å². The monoisotopic (exact) mass is 716 g/mol. The summed E-state index contributed by atoms with van der Waals surface area (Å²) in [4.78, 5) is 4.69. The van der Waals surface area contributed by atoms with Gasteiger partial charge in [-0.3, -0.25) is 0 Å². The van der Waals surface area contributed by atoms with Crippen LogP contribution in [0.5, 0.6) is 0 Å². The van der Waals surface area contributed by atoms with Crippen molar-refractivity contribution in [1.82, 2.24) is 5.32 Å². The molecule has 1 unspecified atom stereocenters. The third-order valence-corrected chi connectivity index (χ3v) is 14.7. The second-order valence-electron chi connectivity index (χ2n) is 16.1. The lowest BCUT2D eigenvalue weighted by atomic mass is 9.79. The number of hydrogen-bond donors (Lipinski definition) is 1. The second kappa shape index (κ2) is 20.0. The maximum atomic E-state index is 4.47. The first-order valence-corrected chi connectivity index (χ1v) is 22.5. The van der Waals surface area contributed by atoms with Crippen molar-refractivity contribution < 1.29 is 0 Å². The molecule has 0 radical (unpaired) electrons. The van der Waals surface area contributed by atoms with Crippen molar-refractivity contribution in [2.75, 3.05) is 12.3 Å². The molecule has 0 bridgehead atoms. The van der Waals surface area contributed by atoms with E-state index >= 15 is 0 Å². The molecule has 1 atom stereocenters. The van der Waals surface area contributed by atoms with Gasteiger partial charge in [0.15, 0.2) is 0 Å². The third-order valence-electron chi connectivity index (χ3n) is 11.7. The van der Waals surface area contributed by atoms with Crippen molar-refractivity contribution >= 4 is 23.5 Å². The maximum absolute atomic E-state index is 4.47. The van der Waals surface area contributed by atoms with Crippen LogP contribution in [0.15, 0.2) is 88.3 Å². The van der Waals surface area contributed by atoms with Gasteiger partial charge in [-0.2, -0.15) is 0 Å². The van der Waals surface area contributed by atoms with E-state index in [-0.39, 0.29) is 0 Å². The van der Waals surface area contributed by atoms with Gasteiger partial charge in [-0.1, -0.05) is 87.9 Å². The molecule has 4 rings (SSSR count). The van der Waals surface area contributed by atoms with Gasteiger partial charge in [0, 0.05) is 27.2 Å². The highest BCUT2D eigenvalue weighted by Crippen LogP contribution is 2.54. The standard InChI is InChI=1S/C47H73NS2/c1-12-20-43(42-25-18-17-24-41(42)36(11)47(49-30-14-3)44(32(6)7)48-29-13-2)46-34(9)39(26-19-21-37-27-28-37)33(8)45(50-46)35(10)40-23-16-15-22-38(40)31(4)5/h37,39,48H,6,12-30H2,1-5,7-11H3/b40-35+,41-36+,43-42+,47-44+. The van der Waals surface area contributed by atoms with Crippen LogP contribution in [0.3, 0.4) is 0 Å². The molecular formula is C47H73NS2. The van der Waals surface area contributed by atoms with E-state index in [4.69, 9.17) is 0 Å². The first-order chi connectivity index (χ1) is 24.0. The summed E-state index contributed by atoms with van der Waals surface area (Å²) in [5.41, 5.74) is 18.7. The molecule has 1 aliphatic heterocycles. The van der Waals surface area contributed by atoms with Crippen LogP contribution in [0.25, 0.3) is 0 Å². The molecule has 1 nitrogen and oxygen atoms in total. The fraction of sp³-hybridized carbons (Fsp3) is 0.660. The van der Waals surface area contributed by atoms with Gasteiger partial charge in [-0.25, -0.2) is 0 Å². The van der Waals surface area contributed by atoms with Gasteiger partial charge >= 0.3 is 0 Å². The average molecular weight is 716 g/mol. The molecule has 0 amide bonds. The molecule has 0 saturated heterocycles. The van der Waals surface area contributed by atoms with E-state index in [1.54, 1.807) is 54.4 Å². The van der Waals surface area contributed by atoms with E-state index in [2.05, 4.69) is 105 Å².